The normalized spacial score (nSPS) is 10.0. The number of carbonyl (C=O) groups is 1. The van der Waals surface area contributed by atoms with E-state index in [9.17, 15) is 4.79 Å². The molecule has 5 nitrogen and oxygen atoms in total. The van der Waals surface area contributed by atoms with Gasteiger partial charge in [0.1, 0.15) is 11.6 Å². The number of nitrogens with two attached hydrogens (primary N) is 1. The van der Waals surface area contributed by atoms with Gasteiger partial charge in [-0.05, 0) is 36.8 Å². The fourth-order valence-corrected chi connectivity index (χ4v) is 1.58. The molecule has 0 aliphatic heterocycles. The number of nitrogens with zero attached hydrogens (tertiary/aromatic N) is 1. The molecule has 0 saturated heterocycles. The zero-order valence-corrected chi connectivity index (χ0v) is 10.8. The Bertz CT molecular complexity index is 594. The topological polar surface area (TPSA) is 77.2 Å². The quantitative estimate of drug-likeness (QED) is 0.827. The van der Waals surface area contributed by atoms with Gasteiger partial charge < -0.3 is 15.8 Å². The molecule has 1 heterocycles. The SMILES string of the molecule is COc1ccc(N)c(C(=O)Nc2ccc(C)cn2)c1. The van der Waals surface area contributed by atoms with Crippen LogP contribution in [0.4, 0.5) is 11.5 Å². The summed E-state index contributed by atoms with van der Waals surface area (Å²) < 4.78 is 5.07. The molecule has 1 amide bonds. The predicted octanol–water partition coefficient (Wildman–Crippen LogP) is 2.23. The lowest BCUT2D eigenvalue weighted by Crippen LogP contribution is -2.15. The molecule has 0 fully saturated rings. The van der Waals surface area contributed by atoms with E-state index in [0.29, 0.717) is 22.8 Å². The number of aryl methyl sites for hydroxylation is 1. The maximum absolute atomic E-state index is 12.1. The second kappa shape index (κ2) is 5.39. The van der Waals surface area contributed by atoms with Crippen molar-refractivity contribution in [2.75, 3.05) is 18.2 Å². The summed E-state index contributed by atoms with van der Waals surface area (Å²) in [5, 5.41) is 2.69. The Morgan fingerprint density at radius 3 is 2.74 bits per heavy atom. The van der Waals surface area contributed by atoms with Crippen molar-refractivity contribution < 1.29 is 9.53 Å². The first kappa shape index (κ1) is 12.9. The molecule has 1 aromatic carbocycles. The molecule has 0 saturated carbocycles. The van der Waals surface area contributed by atoms with Crippen LogP contribution in [-0.4, -0.2) is 18.0 Å². The average molecular weight is 257 g/mol. The summed E-state index contributed by atoms with van der Waals surface area (Å²) in [4.78, 5) is 16.2. The zero-order valence-electron chi connectivity index (χ0n) is 10.8. The van der Waals surface area contributed by atoms with Crippen LogP contribution >= 0.6 is 0 Å². The highest BCUT2D eigenvalue weighted by atomic mass is 16.5. The molecule has 5 heteroatoms. The second-order valence-electron chi connectivity index (χ2n) is 4.13. The van der Waals surface area contributed by atoms with Crippen LogP contribution in [0.25, 0.3) is 0 Å². The summed E-state index contributed by atoms with van der Waals surface area (Å²) in [7, 11) is 1.54. The van der Waals surface area contributed by atoms with Crippen molar-refractivity contribution in [3.63, 3.8) is 0 Å². The van der Waals surface area contributed by atoms with Gasteiger partial charge in [-0.3, -0.25) is 4.79 Å². The van der Waals surface area contributed by atoms with Crippen molar-refractivity contribution in [1.29, 1.82) is 0 Å². The minimum absolute atomic E-state index is 0.312. The number of pyridine rings is 1. The summed E-state index contributed by atoms with van der Waals surface area (Å²) in [6, 6.07) is 8.55. The van der Waals surface area contributed by atoms with E-state index in [1.807, 2.05) is 13.0 Å². The van der Waals surface area contributed by atoms with E-state index < -0.39 is 0 Å². The smallest absolute Gasteiger partial charge is 0.259 e. The van der Waals surface area contributed by atoms with Gasteiger partial charge >= 0.3 is 0 Å². The number of nitrogen functional groups attached to an aromatic ring is 1. The number of aromatic nitrogens is 1. The number of benzene rings is 1. The average Bonchev–Trinajstić information content (AvgIpc) is 2.42. The van der Waals surface area contributed by atoms with E-state index in [-0.39, 0.29) is 5.91 Å². The van der Waals surface area contributed by atoms with Crippen molar-refractivity contribution >= 4 is 17.4 Å². The fourth-order valence-electron chi connectivity index (χ4n) is 1.58. The third kappa shape index (κ3) is 3.01. The van der Waals surface area contributed by atoms with Gasteiger partial charge in [0.2, 0.25) is 0 Å². The molecule has 98 valence electrons. The third-order valence-corrected chi connectivity index (χ3v) is 2.66. The number of amides is 1. The fraction of sp³-hybridized carbons (Fsp3) is 0.143. The lowest BCUT2D eigenvalue weighted by molar-refractivity contribution is 0.102. The van der Waals surface area contributed by atoms with Crippen LogP contribution in [0, 0.1) is 6.92 Å². The monoisotopic (exact) mass is 257 g/mol. The summed E-state index contributed by atoms with van der Waals surface area (Å²) in [6.07, 6.45) is 1.69. The molecule has 0 unspecified atom stereocenters. The van der Waals surface area contributed by atoms with E-state index in [4.69, 9.17) is 10.5 Å². The Morgan fingerprint density at radius 2 is 2.11 bits per heavy atom. The van der Waals surface area contributed by atoms with Crippen molar-refractivity contribution in [2.45, 2.75) is 6.92 Å². The van der Waals surface area contributed by atoms with Crippen molar-refractivity contribution in [3.8, 4) is 5.75 Å². The minimum atomic E-state index is -0.312. The maximum Gasteiger partial charge on any atom is 0.259 e. The Labute approximate surface area is 111 Å². The summed E-state index contributed by atoms with van der Waals surface area (Å²) in [5.74, 6) is 0.752. The highest BCUT2D eigenvalue weighted by Crippen LogP contribution is 2.20. The molecule has 2 aromatic rings. The third-order valence-electron chi connectivity index (χ3n) is 2.66. The number of methoxy groups -OCH3 is 1. The van der Waals surface area contributed by atoms with E-state index in [2.05, 4.69) is 10.3 Å². The number of hydrogen-bond donors (Lipinski definition) is 2. The van der Waals surface area contributed by atoms with E-state index in [1.165, 1.54) is 7.11 Å². The van der Waals surface area contributed by atoms with Gasteiger partial charge in [-0.1, -0.05) is 6.07 Å². The minimum Gasteiger partial charge on any atom is -0.497 e. The van der Waals surface area contributed by atoms with Gasteiger partial charge in [0.15, 0.2) is 0 Å². The largest absolute Gasteiger partial charge is 0.497 e. The molecule has 0 aliphatic carbocycles. The summed E-state index contributed by atoms with van der Waals surface area (Å²) in [6.45, 7) is 1.93. The van der Waals surface area contributed by atoms with Crippen LogP contribution in [0.2, 0.25) is 0 Å². The number of hydrogen-bond acceptors (Lipinski definition) is 4. The Kier molecular flexibility index (Phi) is 3.66. The van der Waals surface area contributed by atoms with Crippen LogP contribution in [0.5, 0.6) is 5.75 Å². The Balaban J connectivity index is 2.22. The van der Waals surface area contributed by atoms with Gasteiger partial charge in [-0.15, -0.1) is 0 Å². The van der Waals surface area contributed by atoms with Crippen molar-refractivity contribution in [3.05, 3.63) is 47.7 Å². The molecule has 19 heavy (non-hydrogen) atoms. The Morgan fingerprint density at radius 1 is 1.32 bits per heavy atom. The zero-order chi connectivity index (χ0) is 13.8. The van der Waals surface area contributed by atoms with Crippen LogP contribution in [0.1, 0.15) is 15.9 Å². The summed E-state index contributed by atoms with van der Waals surface area (Å²) >= 11 is 0. The van der Waals surface area contributed by atoms with Gasteiger partial charge in [0.05, 0.1) is 12.7 Å². The Hall–Kier alpha value is -2.56. The van der Waals surface area contributed by atoms with Crippen LogP contribution in [-0.2, 0) is 0 Å². The number of carbonyl (C=O) groups excluding carboxylic acids is 1. The maximum atomic E-state index is 12.1. The predicted molar refractivity (Wildman–Crippen MR) is 74.3 cm³/mol. The van der Waals surface area contributed by atoms with Crippen LogP contribution in [0.15, 0.2) is 36.5 Å². The molecule has 0 bridgehead atoms. The highest BCUT2D eigenvalue weighted by Gasteiger charge is 2.11. The molecule has 0 atom stereocenters. The molecule has 0 spiro atoms. The summed E-state index contributed by atoms with van der Waals surface area (Å²) in [5.41, 5.74) is 7.57. The molecule has 0 aliphatic rings. The molecule has 0 radical (unpaired) electrons. The van der Waals surface area contributed by atoms with Crippen molar-refractivity contribution in [1.82, 2.24) is 4.98 Å². The molecule has 2 rings (SSSR count). The first-order valence-corrected chi connectivity index (χ1v) is 5.77. The standard InChI is InChI=1S/C14H15N3O2/c1-9-3-6-13(16-8-9)17-14(18)11-7-10(19-2)4-5-12(11)15/h3-8H,15H2,1-2H3,(H,16,17,18). The van der Waals surface area contributed by atoms with Gasteiger partial charge in [0, 0.05) is 11.9 Å². The first-order chi connectivity index (χ1) is 9.10. The number of anilines is 2. The lowest BCUT2D eigenvalue weighted by atomic mass is 10.1. The number of nitrogens with one attached hydrogen (secondary N) is 1. The van der Waals surface area contributed by atoms with E-state index >= 15 is 0 Å². The van der Waals surface area contributed by atoms with Crippen LogP contribution < -0.4 is 15.8 Å². The molecule has 1 aromatic heterocycles. The van der Waals surface area contributed by atoms with Crippen LogP contribution in [0.3, 0.4) is 0 Å². The van der Waals surface area contributed by atoms with Gasteiger partial charge in [-0.2, -0.15) is 0 Å². The lowest BCUT2D eigenvalue weighted by Gasteiger charge is -2.08. The van der Waals surface area contributed by atoms with E-state index in [0.717, 1.165) is 5.56 Å². The van der Waals surface area contributed by atoms with Gasteiger partial charge in [-0.25, -0.2) is 4.98 Å². The van der Waals surface area contributed by atoms with Crippen molar-refractivity contribution in [2.24, 2.45) is 0 Å². The first-order valence-electron chi connectivity index (χ1n) is 5.77. The van der Waals surface area contributed by atoms with E-state index in [1.54, 1.807) is 30.5 Å². The molecular formula is C14H15N3O2. The molecule has 3 N–H and O–H groups in total. The second-order valence-corrected chi connectivity index (χ2v) is 4.13. The molecular weight excluding hydrogens is 242 g/mol. The van der Waals surface area contributed by atoms with Gasteiger partial charge in [0.25, 0.3) is 5.91 Å². The number of ether oxygens (including phenoxy) is 1. The highest BCUT2D eigenvalue weighted by molar-refractivity contribution is 6.07. The number of rotatable bonds is 3.